The zero-order valence-electron chi connectivity index (χ0n) is 10.5. The van der Waals surface area contributed by atoms with Crippen LogP contribution in [0.2, 0.25) is 0 Å². The molecule has 1 saturated heterocycles. The van der Waals surface area contributed by atoms with E-state index in [1.165, 1.54) is 0 Å². The number of nitrogens with one attached hydrogen (secondary N) is 1. The quantitative estimate of drug-likeness (QED) is 0.654. The molecule has 0 radical (unpaired) electrons. The Morgan fingerprint density at radius 1 is 1.38 bits per heavy atom. The average molecular weight is 232 g/mol. The minimum Gasteiger partial charge on any atom is -0.390 e. The maximum Gasteiger partial charge on any atom is 0.0814 e. The Morgan fingerprint density at radius 2 is 2.00 bits per heavy atom. The molecule has 0 amide bonds. The third kappa shape index (κ3) is 6.40. The molecule has 0 spiro atoms. The number of β-amino-alcohol motifs (C(OH)–C–C–N with tert-alkyl or cyclic N) is 1. The van der Waals surface area contributed by atoms with Gasteiger partial charge in [-0.3, -0.25) is 9.74 Å². The van der Waals surface area contributed by atoms with Crippen LogP contribution in [0, 0.1) is 0 Å². The molecule has 1 heterocycles. The lowest BCUT2D eigenvalue weighted by Crippen LogP contribution is -2.44. The lowest BCUT2D eigenvalue weighted by molar-refractivity contribution is -0.0864. The van der Waals surface area contributed by atoms with Gasteiger partial charge in [0.05, 0.1) is 24.9 Å². The normalized spacial score (nSPS) is 21.0. The second kappa shape index (κ2) is 6.51. The van der Waals surface area contributed by atoms with Crippen molar-refractivity contribution in [1.82, 2.24) is 10.4 Å². The summed E-state index contributed by atoms with van der Waals surface area (Å²) in [5, 5.41) is 9.77. The predicted molar refractivity (Wildman–Crippen MR) is 62.1 cm³/mol. The second-order valence-electron chi connectivity index (χ2n) is 5.13. The minimum atomic E-state index is -0.402. The first kappa shape index (κ1) is 13.9. The molecule has 0 saturated carbocycles. The van der Waals surface area contributed by atoms with Crippen LogP contribution in [0.25, 0.3) is 0 Å². The predicted octanol–water partition coefficient (Wildman–Crippen LogP) is -0.000800. The van der Waals surface area contributed by atoms with Gasteiger partial charge in [-0.05, 0) is 20.8 Å². The number of morpholine rings is 1. The molecule has 0 aliphatic carbocycles. The third-order valence-electron chi connectivity index (χ3n) is 2.27. The van der Waals surface area contributed by atoms with Crippen molar-refractivity contribution in [3.8, 4) is 0 Å². The van der Waals surface area contributed by atoms with E-state index in [1.807, 2.05) is 20.8 Å². The van der Waals surface area contributed by atoms with E-state index in [-0.39, 0.29) is 5.60 Å². The Bertz CT molecular complexity index is 188. The fourth-order valence-electron chi connectivity index (χ4n) is 1.50. The van der Waals surface area contributed by atoms with E-state index in [4.69, 9.17) is 9.57 Å². The first-order chi connectivity index (χ1) is 7.47. The van der Waals surface area contributed by atoms with E-state index < -0.39 is 6.10 Å². The number of aliphatic hydroxyl groups is 1. The van der Waals surface area contributed by atoms with Gasteiger partial charge in [0.25, 0.3) is 0 Å². The lowest BCUT2D eigenvalue weighted by atomic mass is 10.2. The minimum absolute atomic E-state index is 0.224. The summed E-state index contributed by atoms with van der Waals surface area (Å²) in [6.45, 7) is 10.3. The van der Waals surface area contributed by atoms with Gasteiger partial charge >= 0.3 is 0 Å². The summed E-state index contributed by atoms with van der Waals surface area (Å²) in [7, 11) is 0. The zero-order valence-corrected chi connectivity index (χ0v) is 10.5. The highest BCUT2D eigenvalue weighted by Crippen LogP contribution is 2.03. The Hall–Kier alpha value is -0.200. The molecule has 0 aromatic carbocycles. The van der Waals surface area contributed by atoms with Crippen LogP contribution in [0.15, 0.2) is 0 Å². The summed E-state index contributed by atoms with van der Waals surface area (Å²) in [6.07, 6.45) is -0.402. The summed E-state index contributed by atoms with van der Waals surface area (Å²) >= 11 is 0. The standard InChI is InChI=1S/C11H24N2O3/c1-11(2,3)16-12-8-10(14)9-13-4-6-15-7-5-13/h10,12,14H,4-9H2,1-3H3. The van der Waals surface area contributed by atoms with Crippen LogP contribution in [0.5, 0.6) is 0 Å². The van der Waals surface area contributed by atoms with Gasteiger partial charge in [-0.2, -0.15) is 5.48 Å². The smallest absolute Gasteiger partial charge is 0.0814 e. The number of nitrogens with zero attached hydrogens (tertiary/aromatic N) is 1. The molecule has 1 aliphatic rings. The van der Waals surface area contributed by atoms with E-state index in [1.54, 1.807) is 0 Å². The van der Waals surface area contributed by atoms with Gasteiger partial charge in [0, 0.05) is 26.2 Å². The summed E-state index contributed by atoms with van der Waals surface area (Å²) in [5.74, 6) is 0. The van der Waals surface area contributed by atoms with Crippen molar-refractivity contribution in [3.63, 3.8) is 0 Å². The van der Waals surface area contributed by atoms with Crippen molar-refractivity contribution in [2.24, 2.45) is 0 Å². The molecule has 96 valence electrons. The molecular formula is C11H24N2O3. The summed E-state index contributed by atoms with van der Waals surface area (Å²) in [4.78, 5) is 7.54. The number of ether oxygens (including phenoxy) is 1. The molecule has 2 N–H and O–H groups in total. The fourth-order valence-corrected chi connectivity index (χ4v) is 1.50. The molecule has 1 rings (SSSR count). The Morgan fingerprint density at radius 3 is 2.56 bits per heavy atom. The SMILES string of the molecule is CC(C)(C)ONCC(O)CN1CCOCC1. The van der Waals surface area contributed by atoms with Gasteiger partial charge in [0.2, 0.25) is 0 Å². The van der Waals surface area contributed by atoms with Gasteiger partial charge in [0.15, 0.2) is 0 Å². The second-order valence-corrected chi connectivity index (χ2v) is 5.13. The van der Waals surface area contributed by atoms with Gasteiger partial charge in [-0.25, -0.2) is 0 Å². The molecule has 1 atom stereocenters. The summed E-state index contributed by atoms with van der Waals surface area (Å²) in [5.41, 5.74) is 2.58. The Labute approximate surface area is 97.7 Å². The maximum atomic E-state index is 9.77. The van der Waals surface area contributed by atoms with Crippen LogP contribution in [0.4, 0.5) is 0 Å². The van der Waals surface area contributed by atoms with Crippen LogP contribution < -0.4 is 5.48 Å². The largest absolute Gasteiger partial charge is 0.390 e. The third-order valence-corrected chi connectivity index (χ3v) is 2.27. The van der Waals surface area contributed by atoms with Crippen molar-refractivity contribution in [3.05, 3.63) is 0 Å². The molecule has 16 heavy (non-hydrogen) atoms. The van der Waals surface area contributed by atoms with Crippen LogP contribution in [0.3, 0.4) is 0 Å². The highest BCUT2D eigenvalue weighted by molar-refractivity contribution is 4.68. The van der Waals surface area contributed by atoms with E-state index >= 15 is 0 Å². The van der Waals surface area contributed by atoms with Crippen LogP contribution >= 0.6 is 0 Å². The first-order valence-electron chi connectivity index (χ1n) is 5.86. The molecule has 1 fully saturated rings. The van der Waals surface area contributed by atoms with Crippen molar-refractivity contribution in [2.75, 3.05) is 39.4 Å². The topological polar surface area (TPSA) is 54.0 Å². The molecule has 0 bridgehead atoms. The van der Waals surface area contributed by atoms with Crippen LogP contribution in [-0.4, -0.2) is 61.1 Å². The molecule has 5 nitrogen and oxygen atoms in total. The summed E-state index contributed by atoms with van der Waals surface area (Å²) < 4.78 is 5.24. The molecule has 0 aromatic rings. The number of aliphatic hydroxyl groups excluding tert-OH is 1. The van der Waals surface area contributed by atoms with Crippen molar-refractivity contribution in [1.29, 1.82) is 0 Å². The molecule has 5 heteroatoms. The van der Waals surface area contributed by atoms with E-state index in [0.717, 1.165) is 26.3 Å². The van der Waals surface area contributed by atoms with E-state index in [2.05, 4.69) is 10.4 Å². The number of hydroxylamine groups is 1. The summed E-state index contributed by atoms with van der Waals surface area (Å²) in [6, 6.07) is 0. The van der Waals surface area contributed by atoms with Gasteiger partial charge in [-0.1, -0.05) is 0 Å². The first-order valence-corrected chi connectivity index (χ1v) is 5.86. The number of hydrogen-bond donors (Lipinski definition) is 2. The Balaban J connectivity index is 2.08. The molecule has 0 aromatic heterocycles. The maximum absolute atomic E-state index is 9.77. The highest BCUT2D eigenvalue weighted by Gasteiger charge is 2.16. The van der Waals surface area contributed by atoms with Crippen molar-refractivity contribution >= 4 is 0 Å². The highest BCUT2D eigenvalue weighted by atomic mass is 16.7. The van der Waals surface area contributed by atoms with Crippen molar-refractivity contribution < 1.29 is 14.7 Å². The zero-order chi connectivity index (χ0) is 12.0. The van der Waals surface area contributed by atoms with Crippen LogP contribution in [-0.2, 0) is 9.57 Å². The van der Waals surface area contributed by atoms with Crippen LogP contribution in [0.1, 0.15) is 20.8 Å². The molecule has 1 aliphatic heterocycles. The molecule has 1 unspecified atom stereocenters. The van der Waals surface area contributed by atoms with Crippen molar-refractivity contribution in [2.45, 2.75) is 32.5 Å². The Kier molecular flexibility index (Phi) is 5.64. The molecular weight excluding hydrogens is 208 g/mol. The van der Waals surface area contributed by atoms with E-state index in [0.29, 0.717) is 13.1 Å². The van der Waals surface area contributed by atoms with E-state index in [9.17, 15) is 5.11 Å². The van der Waals surface area contributed by atoms with Gasteiger partial charge in [-0.15, -0.1) is 0 Å². The van der Waals surface area contributed by atoms with Gasteiger partial charge < -0.3 is 9.84 Å². The number of rotatable bonds is 5. The average Bonchev–Trinajstić information content (AvgIpc) is 2.17. The fraction of sp³-hybridized carbons (Fsp3) is 1.00. The monoisotopic (exact) mass is 232 g/mol. The number of hydrogen-bond acceptors (Lipinski definition) is 5. The lowest BCUT2D eigenvalue weighted by Gasteiger charge is -2.29. The van der Waals surface area contributed by atoms with Gasteiger partial charge in [0.1, 0.15) is 0 Å².